The molecule has 0 saturated carbocycles. The van der Waals surface area contributed by atoms with Crippen molar-refractivity contribution in [2.45, 2.75) is 26.1 Å². The molecular weight excluding hydrogens is 330 g/mol. The minimum Gasteiger partial charge on any atom is -0.287 e. The number of fused-ring (bicyclic) bond motifs is 2. The standard InChI is InChI=1S/C24H21N3/c1-17(27-15-19-10-5-6-11-20(19)16-27)24-21(18-8-3-2-4-9-18)14-23-22(26-24)12-7-13-25-23/h2-14,17H,15-16H2,1H3. The third-order valence-corrected chi connectivity index (χ3v) is 5.51. The summed E-state index contributed by atoms with van der Waals surface area (Å²) >= 11 is 0. The second-order valence-corrected chi connectivity index (χ2v) is 7.18. The molecular formula is C24H21N3. The van der Waals surface area contributed by atoms with Gasteiger partial charge in [0, 0.05) is 24.8 Å². The summed E-state index contributed by atoms with van der Waals surface area (Å²) in [6.07, 6.45) is 1.83. The predicted molar refractivity (Wildman–Crippen MR) is 109 cm³/mol. The first-order chi connectivity index (χ1) is 13.3. The molecule has 0 saturated heterocycles. The minimum atomic E-state index is 0.220. The van der Waals surface area contributed by atoms with Crippen LogP contribution in [0.25, 0.3) is 22.2 Å². The van der Waals surface area contributed by atoms with Crippen LogP contribution in [0, 0.1) is 0 Å². The zero-order valence-corrected chi connectivity index (χ0v) is 15.3. The Morgan fingerprint density at radius 3 is 2.26 bits per heavy atom. The SMILES string of the molecule is CC(c1nc2cccnc2cc1-c1ccccc1)N1Cc2ccccc2C1. The summed E-state index contributed by atoms with van der Waals surface area (Å²) in [6.45, 7) is 4.21. The third-order valence-electron chi connectivity index (χ3n) is 5.51. The fourth-order valence-corrected chi connectivity index (χ4v) is 3.99. The van der Waals surface area contributed by atoms with Gasteiger partial charge in [-0.3, -0.25) is 9.88 Å². The second kappa shape index (κ2) is 6.60. The van der Waals surface area contributed by atoms with Crippen molar-refractivity contribution in [3.05, 3.63) is 95.8 Å². The molecule has 2 aromatic carbocycles. The van der Waals surface area contributed by atoms with Crippen LogP contribution in [0.15, 0.2) is 79.0 Å². The number of nitrogens with zero attached hydrogens (tertiary/aromatic N) is 3. The molecule has 4 aromatic rings. The van der Waals surface area contributed by atoms with Crippen molar-refractivity contribution in [3.63, 3.8) is 0 Å². The molecule has 0 N–H and O–H groups in total. The first-order valence-corrected chi connectivity index (χ1v) is 9.41. The van der Waals surface area contributed by atoms with Gasteiger partial charge in [0.15, 0.2) is 0 Å². The Balaban J connectivity index is 1.61. The zero-order chi connectivity index (χ0) is 18.2. The van der Waals surface area contributed by atoms with Crippen molar-refractivity contribution in [3.8, 4) is 11.1 Å². The maximum absolute atomic E-state index is 5.05. The van der Waals surface area contributed by atoms with Crippen molar-refractivity contribution in [2.24, 2.45) is 0 Å². The Bertz CT molecular complexity index is 1080. The molecule has 1 atom stereocenters. The average molecular weight is 351 g/mol. The van der Waals surface area contributed by atoms with Gasteiger partial charge in [-0.25, -0.2) is 4.98 Å². The van der Waals surface area contributed by atoms with E-state index in [0.717, 1.165) is 29.8 Å². The van der Waals surface area contributed by atoms with Gasteiger partial charge in [0.1, 0.15) is 0 Å². The summed E-state index contributed by atoms with van der Waals surface area (Å²) in [5.74, 6) is 0. The lowest BCUT2D eigenvalue weighted by Gasteiger charge is -2.25. The molecule has 132 valence electrons. The number of pyridine rings is 2. The van der Waals surface area contributed by atoms with Crippen LogP contribution >= 0.6 is 0 Å². The topological polar surface area (TPSA) is 29.0 Å². The summed E-state index contributed by atoms with van der Waals surface area (Å²) in [7, 11) is 0. The zero-order valence-electron chi connectivity index (χ0n) is 15.3. The molecule has 2 aromatic heterocycles. The van der Waals surface area contributed by atoms with Gasteiger partial charge in [-0.15, -0.1) is 0 Å². The number of rotatable bonds is 3. The van der Waals surface area contributed by atoms with Crippen LogP contribution in [0.1, 0.15) is 29.8 Å². The van der Waals surface area contributed by atoms with Crippen molar-refractivity contribution >= 4 is 11.0 Å². The van der Waals surface area contributed by atoms with Gasteiger partial charge in [0.05, 0.1) is 22.8 Å². The molecule has 0 aliphatic carbocycles. The molecule has 0 bridgehead atoms. The number of benzene rings is 2. The Hall–Kier alpha value is -3.04. The Kier molecular flexibility index (Phi) is 3.95. The highest BCUT2D eigenvalue weighted by atomic mass is 15.2. The Labute approximate surface area is 159 Å². The summed E-state index contributed by atoms with van der Waals surface area (Å²) in [5, 5.41) is 0. The van der Waals surface area contributed by atoms with E-state index in [2.05, 4.69) is 77.5 Å². The van der Waals surface area contributed by atoms with E-state index >= 15 is 0 Å². The molecule has 27 heavy (non-hydrogen) atoms. The van der Waals surface area contributed by atoms with E-state index in [1.807, 2.05) is 18.3 Å². The molecule has 3 heterocycles. The van der Waals surface area contributed by atoms with Crippen LogP contribution in [0.5, 0.6) is 0 Å². The summed E-state index contributed by atoms with van der Waals surface area (Å²) in [4.78, 5) is 12.1. The average Bonchev–Trinajstić information content (AvgIpc) is 3.17. The summed E-state index contributed by atoms with van der Waals surface area (Å²) < 4.78 is 0. The van der Waals surface area contributed by atoms with E-state index in [1.54, 1.807) is 0 Å². The van der Waals surface area contributed by atoms with Crippen LogP contribution in [-0.2, 0) is 13.1 Å². The first kappa shape index (κ1) is 16.2. The quantitative estimate of drug-likeness (QED) is 0.497. The Morgan fingerprint density at radius 1 is 0.815 bits per heavy atom. The molecule has 1 unspecified atom stereocenters. The van der Waals surface area contributed by atoms with Crippen LogP contribution in [0.2, 0.25) is 0 Å². The van der Waals surface area contributed by atoms with Crippen LogP contribution in [-0.4, -0.2) is 14.9 Å². The van der Waals surface area contributed by atoms with E-state index in [9.17, 15) is 0 Å². The maximum Gasteiger partial charge on any atom is 0.0893 e. The van der Waals surface area contributed by atoms with Crippen molar-refractivity contribution in [2.75, 3.05) is 0 Å². The third kappa shape index (κ3) is 2.90. The first-order valence-electron chi connectivity index (χ1n) is 9.41. The minimum absolute atomic E-state index is 0.220. The van der Waals surface area contributed by atoms with Gasteiger partial charge in [-0.2, -0.15) is 0 Å². The molecule has 0 spiro atoms. The molecule has 0 fully saturated rings. The van der Waals surface area contributed by atoms with Crippen molar-refractivity contribution in [1.29, 1.82) is 0 Å². The lowest BCUT2D eigenvalue weighted by molar-refractivity contribution is 0.212. The maximum atomic E-state index is 5.05. The highest BCUT2D eigenvalue weighted by molar-refractivity contribution is 5.82. The van der Waals surface area contributed by atoms with Gasteiger partial charge < -0.3 is 0 Å². The molecule has 1 aliphatic heterocycles. The van der Waals surface area contributed by atoms with Gasteiger partial charge in [0.25, 0.3) is 0 Å². The van der Waals surface area contributed by atoms with E-state index in [0.29, 0.717) is 0 Å². The smallest absolute Gasteiger partial charge is 0.0893 e. The van der Waals surface area contributed by atoms with E-state index in [-0.39, 0.29) is 6.04 Å². The molecule has 3 heteroatoms. The lowest BCUT2D eigenvalue weighted by Crippen LogP contribution is -2.22. The molecule has 3 nitrogen and oxygen atoms in total. The summed E-state index contributed by atoms with van der Waals surface area (Å²) in [5.41, 5.74) is 8.23. The van der Waals surface area contributed by atoms with Crippen molar-refractivity contribution in [1.82, 2.24) is 14.9 Å². The predicted octanol–water partition coefficient (Wildman–Crippen LogP) is 5.37. The molecule has 5 rings (SSSR count). The Morgan fingerprint density at radius 2 is 1.52 bits per heavy atom. The molecule has 0 radical (unpaired) electrons. The largest absolute Gasteiger partial charge is 0.287 e. The van der Waals surface area contributed by atoms with Crippen molar-refractivity contribution < 1.29 is 0 Å². The number of aromatic nitrogens is 2. The van der Waals surface area contributed by atoms with Gasteiger partial charge in [0.2, 0.25) is 0 Å². The fraction of sp³-hybridized carbons (Fsp3) is 0.167. The van der Waals surface area contributed by atoms with Crippen LogP contribution < -0.4 is 0 Å². The normalized spacial score (nSPS) is 15.0. The van der Waals surface area contributed by atoms with Crippen LogP contribution in [0.3, 0.4) is 0 Å². The van der Waals surface area contributed by atoms with Gasteiger partial charge in [-0.05, 0) is 41.8 Å². The van der Waals surface area contributed by atoms with E-state index in [4.69, 9.17) is 4.98 Å². The molecule has 0 amide bonds. The van der Waals surface area contributed by atoms with Gasteiger partial charge in [-0.1, -0.05) is 54.6 Å². The van der Waals surface area contributed by atoms with Gasteiger partial charge >= 0.3 is 0 Å². The van der Waals surface area contributed by atoms with E-state index in [1.165, 1.54) is 22.3 Å². The fourth-order valence-electron chi connectivity index (χ4n) is 3.99. The highest BCUT2D eigenvalue weighted by Crippen LogP contribution is 2.36. The summed E-state index contributed by atoms with van der Waals surface area (Å²) in [6, 6.07) is 25.7. The van der Waals surface area contributed by atoms with Crippen LogP contribution in [0.4, 0.5) is 0 Å². The number of hydrogen-bond acceptors (Lipinski definition) is 3. The number of hydrogen-bond donors (Lipinski definition) is 0. The monoisotopic (exact) mass is 351 g/mol. The molecule has 1 aliphatic rings. The second-order valence-electron chi connectivity index (χ2n) is 7.18. The highest BCUT2D eigenvalue weighted by Gasteiger charge is 2.26. The lowest BCUT2D eigenvalue weighted by atomic mass is 9.99. The van der Waals surface area contributed by atoms with E-state index < -0.39 is 0 Å².